The van der Waals surface area contributed by atoms with Gasteiger partial charge in [0.25, 0.3) is 0 Å². The fraction of sp³-hybridized carbons (Fsp3) is 0.611. The Hall–Kier alpha value is -1.95. The zero-order valence-electron chi connectivity index (χ0n) is 14.9. The second kappa shape index (κ2) is 10.0. The number of ether oxygens (including phenoxy) is 3. The Labute approximate surface area is 144 Å². The van der Waals surface area contributed by atoms with E-state index in [1.807, 2.05) is 12.1 Å². The van der Waals surface area contributed by atoms with Gasteiger partial charge in [-0.2, -0.15) is 0 Å². The van der Waals surface area contributed by atoms with E-state index in [4.69, 9.17) is 14.2 Å². The minimum atomic E-state index is 0.315. The maximum Gasteiger partial charge on any atom is 0.191 e. The first-order valence-electron chi connectivity index (χ1n) is 8.54. The Bertz CT molecular complexity index is 528. The van der Waals surface area contributed by atoms with E-state index in [-0.39, 0.29) is 0 Å². The molecule has 24 heavy (non-hydrogen) atoms. The van der Waals surface area contributed by atoms with Gasteiger partial charge in [0.05, 0.1) is 20.3 Å². The lowest BCUT2D eigenvalue weighted by Gasteiger charge is -2.15. The third kappa shape index (κ3) is 5.60. The molecule has 6 nitrogen and oxygen atoms in total. The fourth-order valence-corrected chi connectivity index (χ4v) is 2.77. The highest BCUT2D eigenvalue weighted by Crippen LogP contribution is 2.27. The van der Waals surface area contributed by atoms with Crippen LogP contribution in [0.5, 0.6) is 11.5 Å². The quantitative estimate of drug-likeness (QED) is 0.432. The molecule has 1 heterocycles. The molecule has 0 amide bonds. The van der Waals surface area contributed by atoms with Crippen LogP contribution in [0.25, 0.3) is 0 Å². The van der Waals surface area contributed by atoms with Crippen molar-refractivity contribution in [3.8, 4) is 11.5 Å². The van der Waals surface area contributed by atoms with Crippen molar-refractivity contribution in [2.45, 2.75) is 31.8 Å². The Morgan fingerprint density at radius 3 is 2.75 bits per heavy atom. The smallest absolute Gasteiger partial charge is 0.191 e. The monoisotopic (exact) mass is 335 g/mol. The zero-order valence-corrected chi connectivity index (χ0v) is 14.9. The van der Waals surface area contributed by atoms with Crippen molar-refractivity contribution in [1.29, 1.82) is 0 Å². The topological polar surface area (TPSA) is 64.1 Å². The number of benzene rings is 1. The normalized spacial score (nSPS) is 17.6. The molecule has 1 atom stereocenters. The van der Waals surface area contributed by atoms with E-state index in [0.29, 0.717) is 6.10 Å². The average molecular weight is 335 g/mol. The summed E-state index contributed by atoms with van der Waals surface area (Å²) < 4.78 is 16.2. The van der Waals surface area contributed by atoms with Gasteiger partial charge in [-0.1, -0.05) is 6.07 Å². The predicted molar refractivity (Wildman–Crippen MR) is 96.2 cm³/mol. The number of nitrogens with one attached hydrogen (secondary N) is 2. The van der Waals surface area contributed by atoms with Gasteiger partial charge in [0, 0.05) is 26.7 Å². The van der Waals surface area contributed by atoms with Crippen LogP contribution < -0.4 is 20.1 Å². The van der Waals surface area contributed by atoms with Gasteiger partial charge in [-0.15, -0.1) is 0 Å². The molecule has 1 aromatic rings. The van der Waals surface area contributed by atoms with Crippen LogP contribution in [0.4, 0.5) is 0 Å². The SMILES string of the molecule is CN=C(NCCCc1ccc(OC)c(OC)c1)NCC1CCCO1. The van der Waals surface area contributed by atoms with Crippen LogP contribution in [0, 0.1) is 0 Å². The van der Waals surface area contributed by atoms with E-state index in [1.165, 1.54) is 5.56 Å². The molecule has 2 N–H and O–H groups in total. The largest absolute Gasteiger partial charge is 0.493 e. The van der Waals surface area contributed by atoms with Crippen molar-refractivity contribution in [3.63, 3.8) is 0 Å². The van der Waals surface area contributed by atoms with Gasteiger partial charge in [0.1, 0.15) is 0 Å². The van der Waals surface area contributed by atoms with Crippen LogP contribution in [0.15, 0.2) is 23.2 Å². The van der Waals surface area contributed by atoms with Crippen LogP contribution in [0.1, 0.15) is 24.8 Å². The molecular weight excluding hydrogens is 306 g/mol. The van der Waals surface area contributed by atoms with Crippen LogP contribution in [0.2, 0.25) is 0 Å². The molecule has 1 fully saturated rings. The summed E-state index contributed by atoms with van der Waals surface area (Å²) in [5.41, 5.74) is 1.23. The summed E-state index contributed by atoms with van der Waals surface area (Å²) >= 11 is 0. The molecule has 1 saturated heterocycles. The van der Waals surface area contributed by atoms with Crippen LogP contribution in [-0.4, -0.2) is 53.0 Å². The van der Waals surface area contributed by atoms with E-state index in [9.17, 15) is 0 Å². The van der Waals surface area contributed by atoms with E-state index in [2.05, 4.69) is 21.7 Å². The van der Waals surface area contributed by atoms with Gasteiger partial charge < -0.3 is 24.8 Å². The minimum Gasteiger partial charge on any atom is -0.493 e. The molecule has 2 rings (SSSR count). The van der Waals surface area contributed by atoms with Gasteiger partial charge in [0.15, 0.2) is 17.5 Å². The number of hydrogen-bond donors (Lipinski definition) is 2. The standard InChI is InChI=1S/C18H29N3O3/c1-19-18(21-13-15-7-5-11-24-15)20-10-4-6-14-8-9-16(22-2)17(12-14)23-3/h8-9,12,15H,4-7,10-11,13H2,1-3H3,(H2,19,20,21). The van der Waals surface area contributed by atoms with Gasteiger partial charge >= 0.3 is 0 Å². The zero-order chi connectivity index (χ0) is 17.2. The fourth-order valence-electron chi connectivity index (χ4n) is 2.77. The van der Waals surface area contributed by atoms with E-state index >= 15 is 0 Å². The lowest BCUT2D eigenvalue weighted by Crippen LogP contribution is -2.41. The second-order valence-electron chi connectivity index (χ2n) is 5.81. The number of nitrogens with zero attached hydrogens (tertiary/aromatic N) is 1. The highest BCUT2D eigenvalue weighted by atomic mass is 16.5. The van der Waals surface area contributed by atoms with Crippen LogP contribution in [0.3, 0.4) is 0 Å². The summed E-state index contributed by atoms with van der Waals surface area (Å²) in [4.78, 5) is 4.25. The van der Waals surface area contributed by atoms with E-state index in [1.54, 1.807) is 21.3 Å². The maximum absolute atomic E-state index is 5.60. The molecule has 0 spiro atoms. The summed E-state index contributed by atoms with van der Waals surface area (Å²) in [5.74, 6) is 2.37. The van der Waals surface area contributed by atoms with Crippen LogP contribution >= 0.6 is 0 Å². The van der Waals surface area contributed by atoms with E-state index < -0.39 is 0 Å². The number of aryl methyl sites for hydroxylation is 1. The molecule has 134 valence electrons. The molecule has 0 bridgehead atoms. The molecular formula is C18H29N3O3. The molecule has 0 saturated carbocycles. The lowest BCUT2D eigenvalue weighted by molar-refractivity contribution is 0.114. The molecule has 6 heteroatoms. The molecule has 1 aliphatic heterocycles. The number of hydrogen-bond acceptors (Lipinski definition) is 4. The van der Waals surface area contributed by atoms with Crippen molar-refractivity contribution >= 4 is 5.96 Å². The van der Waals surface area contributed by atoms with Crippen LogP contribution in [-0.2, 0) is 11.2 Å². The molecule has 1 aliphatic rings. The third-order valence-corrected chi connectivity index (χ3v) is 4.13. The summed E-state index contributed by atoms with van der Waals surface area (Å²) in [6.45, 7) is 2.55. The summed E-state index contributed by atoms with van der Waals surface area (Å²) in [7, 11) is 5.10. The van der Waals surface area contributed by atoms with Crippen molar-refractivity contribution in [3.05, 3.63) is 23.8 Å². The second-order valence-corrected chi connectivity index (χ2v) is 5.81. The summed E-state index contributed by atoms with van der Waals surface area (Å²) in [6.07, 6.45) is 4.58. The summed E-state index contributed by atoms with van der Waals surface area (Å²) in [6, 6.07) is 6.05. The first-order chi connectivity index (χ1) is 11.8. The van der Waals surface area contributed by atoms with Crippen molar-refractivity contribution in [2.75, 3.05) is 41.0 Å². The Morgan fingerprint density at radius 1 is 1.25 bits per heavy atom. The predicted octanol–water partition coefficient (Wildman–Crippen LogP) is 1.98. The minimum absolute atomic E-state index is 0.315. The lowest BCUT2D eigenvalue weighted by atomic mass is 10.1. The Morgan fingerprint density at radius 2 is 2.08 bits per heavy atom. The van der Waals surface area contributed by atoms with E-state index in [0.717, 1.165) is 62.8 Å². The van der Waals surface area contributed by atoms with Crippen molar-refractivity contribution < 1.29 is 14.2 Å². The summed E-state index contributed by atoms with van der Waals surface area (Å²) in [5, 5.41) is 6.66. The molecule has 1 unspecified atom stereocenters. The number of methoxy groups -OCH3 is 2. The number of guanidine groups is 1. The first kappa shape index (κ1) is 18.4. The van der Waals surface area contributed by atoms with Crippen molar-refractivity contribution in [2.24, 2.45) is 4.99 Å². The highest BCUT2D eigenvalue weighted by Gasteiger charge is 2.15. The molecule has 0 aromatic heterocycles. The third-order valence-electron chi connectivity index (χ3n) is 4.13. The van der Waals surface area contributed by atoms with Crippen molar-refractivity contribution in [1.82, 2.24) is 10.6 Å². The Balaban J connectivity index is 1.69. The van der Waals surface area contributed by atoms with Gasteiger partial charge in [-0.3, -0.25) is 4.99 Å². The first-order valence-corrected chi connectivity index (χ1v) is 8.54. The number of aliphatic imine (C=N–C) groups is 1. The molecule has 1 aromatic carbocycles. The highest BCUT2D eigenvalue weighted by molar-refractivity contribution is 5.79. The number of rotatable bonds is 8. The van der Waals surface area contributed by atoms with Gasteiger partial charge in [-0.25, -0.2) is 0 Å². The Kier molecular flexibility index (Phi) is 7.68. The molecule has 0 aliphatic carbocycles. The van der Waals surface area contributed by atoms with Gasteiger partial charge in [0.2, 0.25) is 0 Å². The maximum atomic E-state index is 5.60. The van der Waals surface area contributed by atoms with Gasteiger partial charge in [-0.05, 0) is 43.4 Å². The molecule has 0 radical (unpaired) electrons. The average Bonchev–Trinajstić information content (AvgIpc) is 3.14.